The van der Waals surface area contributed by atoms with Crippen LogP contribution < -0.4 is 5.32 Å². The molecule has 1 atom stereocenters. The molecule has 4 heteroatoms. The summed E-state index contributed by atoms with van der Waals surface area (Å²) in [6.45, 7) is 10.6. The van der Waals surface area contributed by atoms with Crippen molar-refractivity contribution in [2.24, 2.45) is 5.92 Å². The molecule has 0 unspecified atom stereocenters. The molecule has 3 nitrogen and oxygen atoms in total. The minimum atomic E-state index is -0.0792. The molecule has 1 amide bonds. The zero-order valence-corrected chi connectivity index (χ0v) is 16.2. The molecule has 0 radical (unpaired) electrons. The molecule has 1 aliphatic rings. The van der Waals surface area contributed by atoms with Crippen LogP contribution in [0.25, 0.3) is 0 Å². The molecule has 1 saturated heterocycles. The molecule has 136 valence electrons. The number of rotatable bonds is 7. The lowest BCUT2D eigenvalue weighted by Crippen LogP contribution is -2.38. The summed E-state index contributed by atoms with van der Waals surface area (Å²) in [6.07, 6.45) is 5.05. The third-order valence-electron chi connectivity index (χ3n) is 4.69. The second kappa shape index (κ2) is 10.7. The third kappa shape index (κ3) is 6.82. The van der Waals surface area contributed by atoms with Gasteiger partial charge in [0.25, 0.3) is 0 Å². The van der Waals surface area contributed by atoms with Crippen molar-refractivity contribution in [2.75, 3.05) is 26.2 Å². The summed E-state index contributed by atoms with van der Waals surface area (Å²) in [7, 11) is 0. The Kier molecular flexibility index (Phi) is 9.38. The van der Waals surface area contributed by atoms with Gasteiger partial charge in [-0.2, -0.15) is 0 Å². The molecule has 0 bridgehead atoms. The first-order valence-corrected chi connectivity index (χ1v) is 9.15. The van der Waals surface area contributed by atoms with Crippen molar-refractivity contribution < 1.29 is 4.79 Å². The molecule has 1 N–H and O–H groups in total. The monoisotopic (exact) mass is 352 g/mol. The van der Waals surface area contributed by atoms with Crippen molar-refractivity contribution in [3.8, 4) is 0 Å². The lowest BCUT2D eigenvalue weighted by atomic mass is 9.96. The Morgan fingerprint density at radius 3 is 2.29 bits per heavy atom. The molecule has 1 aromatic rings. The molecule has 1 aliphatic heterocycles. The molecule has 0 aliphatic carbocycles. The van der Waals surface area contributed by atoms with E-state index in [-0.39, 0.29) is 24.2 Å². The van der Waals surface area contributed by atoms with E-state index in [0.717, 1.165) is 25.1 Å². The predicted molar refractivity (Wildman–Crippen MR) is 104 cm³/mol. The number of hydrogen-bond donors (Lipinski definition) is 1. The first-order valence-electron chi connectivity index (χ1n) is 9.15. The van der Waals surface area contributed by atoms with Gasteiger partial charge < -0.3 is 10.2 Å². The average Bonchev–Trinajstić information content (AvgIpc) is 2.55. The fraction of sp³-hybridized carbons (Fsp3) is 0.650. The number of nitrogens with zero attached hydrogens (tertiary/aromatic N) is 1. The van der Waals surface area contributed by atoms with Crippen molar-refractivity contribution in [2.45, 2.75) is 52.4 Å². The van der Waals surface area contributed by atoms with Crippen LogP contribution in [0.1, 0.15) is 57.1 Å². The van der Waals surface area contributed by atoms with E-state index in [1.54, 1.807) is 0 Å². The minimum absolute atomic E-state index is 0. The van der Waals surface area contributed by atoms with Gasteiger partial charge in [-0.05, 0) is 56.3 Å². The minimum Gasteiger partial charge on any atom is -0.354 e. The van der Waals surface area contributed by atoms with Crippen LogP contribution in [0.15, 0.2) is 24.3 Å². The van der Waals surface area contributed by atoms with Crippen molar-refractivity contribution in [3.05, 3.63) is 35.4 Å². The summed E-state index contributed by atoms with van der Waals surface area (Å²) >= 11 is 0. The smallest absolute Gasteiger partial charge is 0.227 e. The van der Waals surface area contributed by atoms with Gasteiger partial charge in [0.2, 0.25) is 5.91 Å². The summed E-state index contributed by atoms with van der Waals surface area (Å²) in [6, 6.07) is 8.53. The van der Waals surface area contributed by atoms with Crippen LogP contribution in [0, 0.1) is 5.92 Å². The molecule has 0 spiro atoms. The number of piperidine rings is 1. The van der Waals surface area contributed by atoms with Crippen LogP contribution in [-0.4, -0.2) is 37.0 Å². The van der Waals surface area contributed by atoms with Crippen molar-refractivity contribution in [3.63, 3.8) is 0 Å². The molecule has 0 aromatic heterocycles. The fourth-order valence-corrected chi connectivity index (χ4v) is 3.24. The van der Waals surface area contributed by atoms with E-state index in [9.17, 15) is 4.79 Å². The van der Waals surface area contributed by atoms with E-state index in [4.69, 9.17) is 0 Å². The van der Waals surface area contributed by atoms with Gasteiger partial charge >= 0.3 is 0 Å². The number of hydrogen-bond acceptors (Lipinski definition) is 2. The molecule has 1 aromatic carbocycles. The van der Waals surface area contributed by atoms with Crippen LogP contribution >= 0.6 is 12.4 Å². The summed E-state index contributed by atoms with van der Waals surface area (Å²) in [5.41, 5.74) is 2.45. The Morgan fingerprint density at radius 1 is 1.08 bits per heavy atom. The Morgan fingerprint density at radius 2 is 1.71 bits per heavy atom. The van der Waals surface area contributed by atoms with Crippen LogP contribution in [-0.2, 0) is 11.2 Å². The SMILES string of the molecule is CC(C)Cc1ccc([C@@H](C)C(=O)NCCN2CCCCC2)cc1.Cl. The highest BCUT2D eigenvalue weighted by atomic mass is 35.5. The zero-order chi connectivity index (χ0) is 16.7. The Balaban J connectivity index is 0.00000288. The van der Waals surface area contributed by atoms with Crippen LogP contribution in [0.2, 0.25) is 0 Å². The predicted octanol–water partition coefficient (Wildman–Crippen LogP) is 4.01. The maximum absolute atomic E-state index is 12.3. The van der Waals surface area contributed by atoms with E-state index in [2.05, 4.69) is 48.3 Å². The Bertz CT molecular complexity index is 481. The average molecular weight is 353 g/mol. The van der Waals surface area contributed by atoms with Crippen molar-refractivity contribution in [1.82, 2.24) is 10.2 Å². The number of nitrogens with one attached hydrogen (secondary N) is 1. The highest BCUT2D eigenvalue weighted by Gasteiger charge is 2.16. The van der Waals surface area contributed by atoms with Gasteiger partial charge in [-0.15, -0.1) is 12.4 Å². The van der Waals surface area contributed by atoms with E-state index in [1.807, 2.05) is 6.92 Å². The molecule has 2 rings (SSSR count). The quantitative estimate of drug-likeness (QED) is 0.804. The van der Waals surface area contributed by atoms with Gasteiger partial charge in [-0.25, -0.2) is 0 Å². The number of halogens is 1. The molecule has 24 heavy (non-hydrogen) atoms. The highest BCUT2D eigenvalue weighted by Crippen LogP contribution is 2.17. The Labute approximate surface area is 153 Å². The number of carbonyl (C=O) groups is 1. The van der Waals surface area contributed by atoms with Crippen LogP contribution in [0.5, 0.6) is 0 Å². The maximum atomic E-state index is 12.3. The van der Waals surface area contributed by atoms with Gasteiger partial charge in [0.1, 0.15) is 0 Å². The van der Waals surface area contributed by atoms with Crippen LogP contribution in [0.3, 0.4) is 0 Å². The number of carbonyl (C=O) groups excluding carboxylic acids is 1. The highest BCUT2D eigenvalue weighted by molar-refractivity contribution is 5.85. The maximum Gasteiger partial charge on any atom is 0.227 e. The van der Waals surface area contributed by atoms with Gasteiger partial charge in [-0.1, -0.05) is 44.5 Å². The normalized spacial score (nSPS) is 16.5. The fourth-order valence-electron chi connectivity index (χ4n) is 3.24. The molecular formula is C20H33ClN2O. The lowest BCUT2D eigenvalue weighted by Gasteiger charge is -2.26. The summed E-state index contributed by atoms with van der Waals surface area (Å²) in [5.74, 6) is 0.722. The topological polar surface area (TPSA) is 32.3 Å². The zero-order valence-electron chi connectivity index (χ0n) is 15.4. The first kappa shape index (κ1) is 21.0. The largest absolute Gasteiger partial charge is 0.354 e. The van der Waals surface area contributed by atoms with Gasteiger partial charge in [0.15, 0.2) is 0 Å². The van der Waals surface area contributed by atoms with E-state index in [1.165, 1.54) is 37.9 Å². The van der Waals surface area contributed by atoms with E-state index < -0.39 is 0 Å². The first-order chi connectivity index (χ1) is 11.1. The second-order valence-corrected chi connectivity index (χ2v) is 7.25. The van der Waals surface area contributed by atoms with Crippen molar-refractivity contribution in [1.29, 1.82) is 0 Å². The standard InChI is InChI=1S/C20H32N2O.ClH/c1-16(2)15-18-7-9-19(10-8-18)17(3)20(23)21-11-14-22-12-5-4-6-13-22;/h7-10,16-17H,4-6,11-15H2,1-3H3,(H,21,23);1H/t17-;/m1./s1. The summed E-state index contributed by atoms with van der Waals surface area (Å²) in [4.78, 5) is 14.8. The molecule has 1 heterocycles. The number of amides is 1. The van der Waals surface area contributed by atoms with Gasteiger partial charge in [0, 0.05) is 13.1 Å². The summed E-state index contributed by atoms with van der Waals surface area (Å²) < 4.78 is 0. The lowest BCUT2D eigenvalue weighted by molar-refractivity contribution is -0.122. The molecule has 1 fully saturated rings. The van der Waals surface area contributed by atoms with Gasteiger partial charge in [-0.3, -0.25) is 4.79 Å². The van der Waals surface area contributed by atoms with E-state index >= 15 is 0 Å². The van der Waals surface area contributed by atoms with Crippen LogP contribution in [0.4, 0.5) is 0 Å². The molecule has 0 saturated carbocycles. The Hall–Kier alpha value is -1.06. The molecular weight excluding hydrogens is 320 g/mol. The number of likely N-dealkylation sites (tertiary alicyclic amines) is 1. The summed E-state index contributed by atoms with van der Waals surface area (Å²) in [5, 5.41) is 3.09. The second-order valence-electron chi connectivity index (χ2n) is 7.25. The van der Waals surface area contributed by atoms with E-state index in [0.29, 0.717) is 5.92 Å². The van der Waals surface area contributed by atoms with Crippen molar-refractivity contribution >= 4 is 18.3 Å². The van der Waals surface area contributed by atoms with Gasteiger partial charge in [0.05, 0.1) is 5.92 Å². The third-order valence-corrected chi connectivity index (χ3v) is 4.69. The number of benzene rings is 1.